The predicted molar refractivity (Wildman–Crippen MR) is 100 cm³/mol. The minimum absolute atomic E-state index is 0.139. The molecule has 0 atom stereocenters. The molecule has 28 heavy (non-hydrogen) atoms. The minimum Gasteiger partial charge on any atom is -0.484 e. The number of hydrogen-bond acceptors (Lipinski definition) is 5. The van der Waals surface area contributed by atoms with Crippen LogP contribution in [0.15, 0.2) is 52.9 Å². The van der Waals surface area contributed by atoms with Gasteiger partial charge in [0.05, 0.1) is 6.54 Å². The summed E-state index contributed by atoms with van der Waals surface area (Å²) < 4.78 is 24.1. The zero-order chi connectivity index (χ0) is 19.5. The Balaban J connectivity index is 1.40. The highest BCUT2D eigenvalue weighted by atomic mass is 35.5. The monoisotopic (exact) mass is 401 g/mol. The summed E-state index contributed by atoms with van der Waals surface area (Å²) in [5, 5.41) is 8.72. The molecule has 1 fully saturated rings. The standard InChI is InChI=1S/C20H17ClFN3O3/c21-14-3-1-13(2-4-14)20-24-23-18(28-20)11-25(16-7-8-16)19(26)12-27-17-9-5-15(22)6-10-17/h1-6,9-10,16H,7-8,11-12H2. The molecule has 0 radical (unpaired) electrons. The van der Waals surface area contributed by atoms with E-state index in [9.17, 15) is 9.18 Å². The third kappa shape index (κ3) is 4.48. The number of ether oxygens (including phenoxy) is 1. The summed E-state index contributed by atoms with van der Waals surface area (Å²) in [6, 6.07) is 12.8. The van der Waals surface area contributed by atoms with Gasteiger partial charge in [0.1, 0.15) is 11.6 Å². The second-order valence-corrected chi connectivity index (χ2v) is 6.94. The number of benzene rings is 2. The second kappa shape index (κ2) is 7.98. The van der Waals surface area contributed by atoms with Gasteiger partial charge in [-0.25, -0.2) is 4.39 Å². The van der Waals surface area contributed by atoms with Crippen LogP contribution in [0.4, 0.5) is 4.39 Å². The Morgan fingerprint density at radius 3 is 2.54 bits per heavy atom. The zero-order valence-corrected chi connectivity index (χ0v) is 15.6. The van der Waals surface area contributed by atoms with Gasteiger partial charge in [-0.1, -0.05) is 11.6 Å². The maximum absolute atomic E-state index is 13.0. The normalized spacial score (nSPS) is 13.4. The van der Waals surface area contributed by atoms with Crippen molar-refractivity contribution in [2.75, 3.05) is 6.61 Å². The molecule has 1 saturated carbocycles. The molecule has 8 heteroatoms. The first-order valence-corrected chi connectivity index (χ1v) is 9.22. The SMILES string of the molecule is O=C(COc1ccc(F)cc1)N(Cc1nnc(-c2ccc(Cl)cc2)o1)C1CC1. The van der Waals surface area contributed by atoms with E-state index in [1.807, 2.05) is 0 Å². The van der Waals surface area contributed by atoms with Crippen LogP contribution in [0.25, 0.3) is 11.5 Å². The highest BCUT2D eigenvalue weighted by Crippen LogP contribution is 2.29. The molecule has 0 unspecified atom stereocenters. The molecular weight excluding hydrogens is 385 g/mol. The van der Waals surface area contributed by atoms with E-state index in [1.54, 1.807) is 29.2 Å². The van der Waals surface area contributed by atoms with Crippen molar-refractivity contribution < 1.29 is 18.3 Å². The number of carbonyl (C=O) groups excluding carboxylic acids is 1. The summed E-state index contributed by atoms with van der Waals surface area (Å²) in [7, 11) is 0. The van der Waals surface area contributed by atoms with Crippen LogP contribution >= 0.6 is 11.6 Å². The van der Waals surface area contributed by atoms with E-state index in [2.05, 4.69) is 10.2 Å². The van der Waals surface area contributed by atoms with Crippen molar-refractivity contribution in [3.8, 4) is 17.2 Å². The lowest BCUT2D eigenvalue weighted by atomic mass is 10.2. The molecule has 1 aliphatic rings. The molecule has 0 bridgehead atoms. The molecule has 144 valence electrons. The van der Waals surface area contributed by atoms with Gasteiger partial charge in [-0.3, -0.25) is 4.79 Å². The zero-order valence-electron chi connectivity index (χ0n) is 14.8. The van der Waals surface area contributed by atoms with Crippen LogP contribution in [0.5, 0.6) is 5.75 Å². The molecule has 6 nitrogen and oxygen atoms in total. The fraction of sp³-hybridized carbons (Fsp3) is 0.250. The first kappa shape index (κ1) is 18.4. The Morgan fingerprint density at radius 1 is 1.14 bits per heavy atom. The molecule has 0 N–H and O–H groups in total. The van der Waals surface area contributed by atoms with E-state index in [0.717, 1.165) is 18.4 Å². The molecule has 1 amide bonds. The van der Waals surface area contributed by atoms with Gasteiger partial charge in [-0.15, -0.1) is 10.2 Å². The van der Waals surface area contributed by atoms with Crippen molar-refractivity contribution in [2.45, 2.75) is 25.4 Å². The molecule has 2 aromatic carbocycles. The van der Waals surface area contributed by atoms with Crippen LogP contribution in [0.2, 0.25) is 5.02 Å². The number of nitrogens with zero attached hydrogens (tertiary/aromatic N) is 3. The Morgan fingerprint density at radius 2 is 1.86 bits per heavy atom. The van der Waals surface area contributed by atoms with E-state index in [0.29, 0.717) is 22.6 Å². The average molecular weight is 402 g/mol. The average Bonchev–Trinajstić information content (AvgIpc) is 3.44. The van der Waals surface area contributed by atoms with Gasteiger partial charge in [-0.2, -0.15) is 0 Å². The van der Waals surface area contributed by atoms with E-state index in [1.165, 1.54) is 24.3 Å². The predicted octanol–water partition coefficient (Wildman–Crippen LogP) is 4.10. The smallest absolute Gasteiger partial charge is 0.261 e. The lowest BCUT2D eigenvalue weighted by molar-refractivity contribution is -0.134. The summed E-state index contributed by atoms with van der Waals surface area (Å²) >= 11 is 5.89. The van der Waals surface area contributed by atoms with Crippen molar-refractivity contribution in [3.05, 3.63) is 65.3 Å². The van der Waals surface area contributed by atoms with Crippen molar-refractivity contribution in [3.63, 3.8) is 0 Å². The molecule has 1 aromatic heterocycles. The van der Waals surface area contributed by atoms with Crippen LogP contribution in [0.3, 0.4) is 0 Å². The largest absolute Gasteiger partial charge is 0.484 e. The lowest BCUT2D eigenvalue weighted by Crippen LogP contribution is -2.36. The molecule has 0 saturated heterocycles. The van der Waals surface area contributed by atoms with Crippen LogP contribution < -0.4 is 4.74 Å². The van der Waals surface area contributed by atoms with Crippen LogP contribution in [-0.4, -0.2) is 33.7 Å². The van der Waals surface area contributed by atoms with Crippen molar-refractivity contribution in [1.82, 2.24) is 15.1 Å². The highest BCUT2D eigenvalue weighted by Gasteiger charge is 2.34. The molecular formula is C20H17ClFN3O3. The Bertz CT molecular complexity index is 956. The van der Waals surface area contributed by atoms with Gasteiger partial charge in [0.2, 0.25) is 11.8 Å². The van der Waals surface area contributed by atoms with E-state index in [-0.39, 0.29) is 30.9 Å². The molecule has 0 spiro atoms. The highest BCUT2D eigenvalue weighted by molar-refractivity contribution is 6.30. The maximum Gasteiger partial charge on any atom is 0.261 e. The second-order valence-electron chi connectivity index (χ2n) is 6.50. The number of aromatic nitrogens is 2. The Labute approximate surface area is 165 Å². The molecule has 4 rings (SSSR count). The summed E-state index contributed by atoms with van der Waals surface area (Å²) in [4.78, 5) is 14.3. The topological polar surface area (TPSA) is 68.5 Å². The number of amides is 1. The molecule has 0 aliphatic heterocycles. The quantitative estimate of drug-likeness (QED) is 0.596. The summed E-state index contributed by atoms with van der Waals surface area (Å²) in [5.41, 5.74) is 0.757. The fourth-order valence-corrected chi connectivity index (χ4v) is 2.86. The van der Waals surface area contributed by atoms with E-state index in [4.69, 9.17) is 20.8 Å². The number of halogens is 2. The molecule has 3 aromatic rings. The molecule has 1 aliphatic carbocycles. The third-order valence-electron chi connectivity index (χ3n) is 4.35. The minimum atomic E-state index is -0.355. The van der Waals surface area contributed by atoms with Gasteiger partial charge in [-0.05, 0) is 61.4 Å². The van der Waals surface area contributed by atoms with Crippen LogP contribution in [0, 0.1) is 5.82 Å². The van der Waals surface area contributed by atoms with Crippen molar-refractivity contribution >= 4 is 17.5 Å². The summed E-state index contributed by atoms with van der Waals surface area (Å²) in [6.45, 7) is 0.0805. The van der Waals surface area contributed by atoms with E-state index >= 15 is 0 Å². The number of rotatable bonds is 7. The first-order valence-electron chi connectivity index (χ1n) is 8.84. The van der Waals surface area contributed by atoms with Crippen LogP contribution in [-0.2, 0) is 11.3 Å². The number of hydrogen-bond donors (Lipinski definition) is 0. The van der Waals surface area contributed by atoms with Crippen molar-refractivity contribution in [2.24, 2.45) is 0 Å². The van der Waals surface area contributed by atoms with Crippen LogP contribution in [0.1, 0.15) is 18.7 Å². The maximum atomic E-state index is 13.0. The van der Waals surface area contributed by atoms with Gasteiger partial charge >= 0.3 is 0 Å². The summed E-state index contributed by atoms with van der Waals surface area (Å²) in [6.07, 6.45) is 1.86. The van der Waals surface area contributed by atoms with E-state index < -0.39 is 0 Å². The van der Waals surface area contributed by atoms with Crippen molar-refractivity contribution in [1.29, 1.82) is 0 Å². The lowest BCUT2D eigenvalue weighted by Gasteiger charge is -2.20. The van der Waals surface area contributed by atoms with Gasteiger partial charge < -0.3 is 14.1 Å². The number of carbonyl (C=O) groups is 1. The van der Waals surface area contributed by atoms with Gasteiger partial charge in [0, 0.05) is 16.6 Å². The van der Waals surface area contributed by atoms with Gasteiger partial charge in [0.25, 0.3) is 5.91 Å². The summed E-state index contributed by atoms with van der Waals surface area (Å²) in [5.74, 6) is 0.627. The Kier molecular flexibility index (Phi) is 5.25. The van der Waals surface area contributed by atoms with Gasteiger partial charge in [0.15, 0.2) is 6.61 Å². The fourth-order valence-electron chi connectivity index (χ4n) is 2.74. The first-order chi connectivity index (χ1) is 13.6. The Hall–Kier alpha value is -2.93. The molecule has 1 heterocycles. The third-order valence-corrected chi connectivity index (χ3v) is 4.60.